The van der Waals surface area contributed by atoms with Crippen LogP contribution in [0.2, 0.25) is 0 Å². The van der Waals surface area contributed by atoms with Crippen molar-refractivity contribution < 1.29 is 14.6 Å². The van der Waals surface area contributed by atoms with E-state index in [9.17, 15) is 9.90 Å². The van der Waals surface area contributed by atoms with E-state index in [1.165, 1.54) is 4.68 Å². The first-order valence-electron chi connectivity index (χ1n) is 8.95. The molecule has 0 aliphatic rings. The molecule has 0 saturated carbocycles. The smallest absolute Gasteiger partial charge is 0.375 e. The maximum Gasteiger partial charge on any atom is 0.375 e. The van der Waals surface area contributed by atoms with Crippen LogP contribution in [0.4, 0.5) is 0 Å². The molecule has 0 aliphatic heterocycles. The van der Waals surface area contributed by atoms with Gasteiger partial charge in [0.15, 0.2) is 0 Å². The van der Waals surface area contributed by atoms with Gasteiger partial charge >= 0.3 is 5.97 Å². The number of aromatic carboxylic acids is 1. The normalized spacial score (nSPS) is 11.2. The molecule has 144 valence electrons. The van der Waals surface area contributed by atoms with Crippen LogP contribution in [0.5, 0.6) is 5.75 Å². The third kappa shape index (κ3) is 3.02. The van der Waals surface area contributed by atoms with E-state index in [1.54, 1.807) is 7.11 Å². The minimum absolute atomic E-state index is 0.256. The topological polar surface area (TPSA) is 90.1 Å². The van der Waals surface area contributed by atoms with Gasteiger partial charge in [0, 0.05) is 0 Å². The number of carbonyl (C=O) groups is 1. The molecule has 0 radical (unpaired) electrons. The first-order valence-corrected chi connectivity index (χ1v) is 8.95. The van der Waals surface area contributed by atoms with Crippen LogP contribution in [0.15, 0.2) is 84.9 Å². The number of hydrogen-bond donors (Lipinski definition) is 1. The highest BCUT2D eigenvalue weighted by atomic mass is 16.5. The molecule has 4 aromatic rings. The van der Waals surface area contributed by atoms with E-state index in [1.807, 2.05) is 84.9 Å². The van der Waals surface area contributed by atoms with Gasteiger partial charge in [0.2, 0.25) is 0 Å². The Kier molecular flexibility index (Phi) is 4.78. The summed E-state index contributed by atoms with van der Waals surface area (Å²) in [5, 5.41) is 21.3. The molecular weight excluding hydrogens is 368 g/mol. The van der Waals surface area contributed by atoms with Gasteiger partial charge in [-0.15, -0.1) is 5.10 Å². The average Bonchev–Trinajstić information content (AvgIpc) is 3.27. The largest absolute Gasteiger partial charge is 0.497 e. The minimum atomic E-state index is -1.21. The molecule has 7 heteroatoms. The Morgan fingerprint density at radius 2 is 1.38 bits per heavy atom. The van der Waals surface area contributed by atoms with Gasteiger partial charge in [-0.2, -0.15) is 4.68 Å². The second-order valence-electron chi connectivity index (χ2n) is 6.39. The van der Waals surface area contributed by atoms with Crippen molar-refractivity contribution in [3.63, 3.8) is 0 Å². The van der Waals surface area contributed by atoms with E-state index in [0.29, 0.717) is 5.75 Å². The number of methoxy groups -OCH3 is 1. The number of aromatic nitrogens is 4. The molecule has 0 amide bonds. The van der Waals surface area contributed by atoms with Crippen molar-refractivity contribution in [1.29, 1.82) is 0 Å². The second kappa shape index (κ2) is 7.55. The molecule has 7 nitrogen and oxygen atoms in total. The first kappa shape index (κ1) is 18.4. The average molecular weight is 386 g/mol. The molecule has 0 bridgehead atoms. The lowest BCUT2D eigenvalue weighted by molar-refractivity contribution is 0.0672. The van der Waals surface area contributed by atoms with Crippen molar-refractivity contribution in [3.05, 3.63) is 107 Å². The van der Waals surface area contributed by atoms with Crippen molar-refractivity contribution >= 4 is 5.97 Å². The van der Waals surface area contributed by atoms with Crippen LogP contribution in [-0.2, 0) is 5.54 Å². The van der Waals surface area contributed by atoms with Crippen LogP contribution in [0.3, 0.4) is 0 Å². The number of nitrogens with zero attached hydrogens (tertiary/aromatic N) is 4. The van der Waals surface area contributed by atoms with E-state index in [-0.39, 0.29) is 5.82 Å². The lowest BCUT2D eigenvalue weighted by Crippen LogP contribution is -2.40. The highest BCUT2D eigenvalue weighted by Crippen LogP contribution is 2.41. The number of hydrogen-bond acceptors (Lipinski definition) is 5. The number of tetrazole rings is 1. The monoisotopic (exact) mass is 386 g/mol. The maximum atomic E-state index is 11.9. The highest BCUT2D eigenvalue weighted by molar-refractivity contribution is 5.83. The molecule has 0 saturated heterocycles. The number of ether oxygens (including phenoxy) is 1. The molecule has 0 atom stereocenters. The van der Waals surface area contributed by atoms with Gasteiger partial charge in [-0.25, -0.2) is 4.79 Å². The van der Waals surface area contributed by atoms with E-state index >= 15 is 0 Å². The Bertz CT molecular complexity index is 1070. The summed E-state index contributed by atoms with van der Waals surface area (Å²) < 4.78 is 6.67. The van der Waals surface area contributed by atoms with E-state index < -0.39 is 11.5 Å². The van der Waals surface area contributed by atoms with Crippen LogP contribution in [0.25, 0.3) is 0 Å². The standard InChI is InChI=1S/C22H18N4O3/c1-29-19-14-12-18(13-15-19)22(16-8-4-2-5-9-16,17-10-6-3-7-11-17)26-20(21(27)28)23-24-25-26/h2-15H,1H3,(H,27,28). The van der Waals surface area contributed by atoms with E-state index in [2.05, 4.69) is 15.5 Å². The van der Waals surface area contributed by atoms with Gasteiger partial charge in [-0.1, -0.05) is 72.8 Å². The summed E-state index contributed by atoms with van der Waals surface area (Å²) in [5.41, 5.74) is 1.36. The van der Waals surface area contributed by atoms with E-state index in [0.717, 1.165) is 16.7 Å². The van der Waals surface area contributed by atoms with Crippen LogP contribution in [0, 0.1) is 0 Å². The SMILES string of the molecule is COc1ccc(C(c2ccccc2)(c2ccccc2)n2nnnc2C(=O)O)cc1. The molecule has 1 aromatic heterocycles. The van der Waals surface area contributed by atoms with Crippen molar-refractivity contribution in [1.82, 2.24) is 20.2 Å². The van der Waals surface area contributed by atoms with Gasteiger partial charge < -0.3 is 9.84 Å². The fourth-order valence-corrected chi connectivity index (χ4v) is 3.60. The molecule has 29 heavy (non-hydrogen) atoms. The summed E-state index contributed by atoms with van der Waals surface area (Å²) in [7, 11) is 1.60. The van der Waals surface area contributed by atoms with Crippen molar-refractivity contribution in [2.75, 3.05) is 7.11 Å². The summed E-state index contributed by atoms with van der Waals surface area (Å²) in [6.45, 7) is 0. The zero-order valence-electron chi connectivity index (χ0n) is 15.6. The molecular formula is C22H18N4O3. The summed E-state index contributed by atoms with van der Waals surface area (Å²) in [4.78, 5) is 11.9. The molecule has 1 N–H and O–H groups in total. The Hall–Kier alpha value is -4.00. The van der Waals surface area contributed by atoms with Crippen molar-refractivity contribution in [2.24, 2.45) is 0 Å². The summed E-state index contributed by atoms with van der Waals surface area (Å²) in [5.74, 6) is -0.771. The lowest BCUT2D eigenvalue weighted by Gasteiger charge is -2.35. The molecule has 0 spiro atoms. The number of carboxylic acids is 1. The van der Waals surface area contributed by atoms with Crippen molar-refractivity contribution in [3.8, 4) is 5.75 Å². The van der Waals surface area contributed by atoms with Gasteiger partial charge in [-0.3, -0.25) is 0 Å². The van der Waals surface area contributed by atoms with Crippen LogP contribution in [0.1, 0.15) is 27.3 Å². The Balaban J connectivity index is 2.13. The first-order chi connectivity index (χ1) is 14.2. The Morgan fingerprint density at radius 1 is 0.862 bits per heavy atom. The summed E-state index contributed by atoms with van der Waals surface area (Å²) >= 11 is 0. The zero-order valence-corrected chi connectivity index (χ0v) is 15.6. The summed E-state index contributed by atoms with van der Waals surface area (Å²) in [6, 6.07) is 26.6. The summed E-state index contributed by atoms with van der Waals surface area (Å²) in [6.07, 6.45) is 0. The predicted octanol–water partition coefficient (Wildman–Crippen LogP) is 3.22. The minimum Gasteiger partial charge on any atom is -0.497 e. The number of carboxylic acid groups (broad SMARTS) is 1. The van der Waals surface area contributed by atoms with Crippen LogP contribution < -0.4 is 4.74 Å². The van der Waals surface area contributed by atoms with Crippen LogP contribution in [-0.4, -0.2) is 38.4 Å². The van der Waals surface area contributed by atoms with Gasteiger partial charge in [0.1, 0.15) is 11.3 Å². The predicted molar refractivity (Wildman–Crippen MR) is 106 cm³/mol. The van der Waals surface area contributed by atoms with Gasteiger partial charge in [0.25, 0.3) is 5.82 Å². The molecule has 0 unspecified atom stereocenters. The zero-order chi connectivity index (χ0) is 20.3. The lowest BCUT2D eigenvalue weighted by atomic mass is 9.77. The molecule has 0 aliphatic carbocycles. The fourth-order valence-electron chi connectivity index (χ4n) is 3.60. The molecule has 1 heterocycles. The second-order valence-corrected chi connectivity index (χ2v) is 6.39. The van der Waals surface area contributed by atoms with Crippen molar-refractivity contribution in [2.45, 2.75) is 5.54 Å². The molecule has 3 aromatic carbocycles. The third-order valence-corrected chi connectivity index (χ3v) is 4.87. The number of rotatable bonds is 6. The molecule has 4 rings (SSSR count). The van der Waals surface area contributed by atoms with E-state index in [4.69, 9.17) is 4.74 Å². The Morgan fingerprint density at radius 3 is 1.86 bits per heavy atom. The fraction of sp³-hybridized carbons (Fsp3) is 0.0909. The third-order valence-electron chi connectivity index (χ3n) is 4.87. The van der Waals surface area contributed by atoms with Gasteiger partial charge in [-0.05, 0) is 39.2 Å². The van der Waals surface area contributed by atoms with Gasteiger partial charge in [0.05, 0.1) is 7.11 Å². The quantitative estimate of drug-likeness (QED) is 0.512. The van der Waals surface area contributed by atoms with Crippen LogP contribution >= 0.6 is 0 Å². The highest BCUT2D eigenvalue weighted by Gasteiger charge is 2.42. The molecule has 0 fully saturated rings. The number of benzene rings is 3. The Labute approximate surface area is 167 Å². The maximum absolute atomic E-state index is 11.9.